The van der Waals surface area contributed by atoms with Crippen molar-refractivity contribution in [2.45, 2.75) is 39.0 Å². The van der Waals surface area contributed by atoms with Crippen molar-refractivity contribution >= 4 is 17.3 Å². The topological polar surface area (TPSA) is 81.1 Å². The highest BCUT2D eigenvalue weighted by Gasteiger charge is 2.27. The van der Waals surface area contributed by atoms with Crippen molar-refractivity contribution in [3.63, 3.8) is 0 Å². The molecule has 19 heavy (non-hydrogen) atoms. The third kappa shape index (κ3) is 3.19. The van der Waals surface area contributed by atoms with E-state index in [1.165, 1.54) is 32.1 Å². The van der Waals surface area contributed by atoms with Crippen molar-refractivity contribution in [3.8, 4) is 0 Å². The normalized spacial score (nSPS) is 17.9. The summed E-state index contributed by atoms with van der Waals surface area (Å²) in [6, 6.07) is 5.26. The van der Waals surface area contributed by atoms with Crippen molar-refractivity contribution in [1.82, 2.24) is 0 Å². The first-order valence-electron chi connectivity index (χ1n) is 6.94. The Labute approximate surface area is 114 Å². The van der Waals surface area contributed by atoms with E-state index >= 15 is 0 Å². The highest BCUT2D eigenvalue weighted by Crippen LogP contribution is 2.36. The largest absolute Gasteiger partial charge is 0.397 e. The minimum atomic E-state index is -0.441. The monoisotopic (exact) mass is 261 g/mol. The summed E-state index contributed by atoms with van der Waals surface area (Å²) in [6.45, 7) is 3.13. The number of nitrogens with two attached hydrogens (primary N) is 2. The van der Waals surface area contributed by atoms with Gasteiger partial charge in [0.1, 0.15) is 0 Å². The molecule has 4 heteroatoms. The summed E-state index contributed by atoms with van der Waals surface area (Å²) in [5, 5.41) is 3.35. The van der Waals surface area contributed by atoms with Gasteiger partial charge in [0.15, 0.2) is 0 Å². The Hall–Kier alpha value is -1.71. The fourth-order valence-electron chi connectivity index (χ4n) is 2.86. The van der Waals surface area contributed by atoms with Gasteiger partial charge >= 0.3 is 0 Å². The second kappa shape index (κ2) is 5.51. The van der Waals surface area contributed by atoms with E-state index in [1.54, 1.807) is 18.2 Å². The Kier molecular flexibility index (Phi) is 3.98. The van der Waals surface area contributed by atoms with Gasteiger partial charge in [0.25, 0.3) is 5.91 Å². The third-order valence-electron chi connectivity index (χ3n) is 4.11. The first-order valence-corrected chi connectivity index (χ1v) is 6.94. The number of amides is 1. The van der Waals surface area contributed by atoms with Crippen molar-refractivity contribution in [2.24, 2.45) is 11.1 Å². The Morgan fingerprint density at radius 2 is 2.00 bits per heavy atom. The number of nitrogens with one attached hydrogen (secondary N) is 1. The summed E-state index contributed by atoms with van der Waals surface area (Å²) in [5.74, 6) is -0.441. The van der Waals surface area contributed by atoms with Crippen LogP contribution in [0.4, 0.5) is 11.4 Å². The van der Waals surface area contributed by atoms with Crippen molar-refractivity contribution in [1.29, 1.82) is 0 Å². The van der Waals surface area contributed by atoms with Crippen LogP contribution in [0.2, 0.25) is 0 Å². The van der Waals surface area contributed by atoms with Crippen LogP contribution < -0.4 is 16.8 Å². The summed E-state index contributed by atoms with van der Waals surface area (Å²) >= 11 is 0. The molecule has 0 radical (unpaired) electrons. The number of nitrogen functional groups attached to an aromatic ring is 1. The molecular formula is C15H23N3O. The van der Waals surface area contributed by atoms with E-state index in [2.05, 4.69) is 12.2 Å². The Balaban J connectivity index is 2.12. The van der Waals surface area contributed by atoms with Crippen LogP contribution in [0.3, 0.4) is 0 Å². The number of carbonyl (C=O) groups excluding carboxylic acids is 1. The average Bonchev–Trinajstić information content (AvgIpc) is 2.38. The number of primary amides is 1. The van der Waals surface area contributed by atoms with Crippen LogP contribution in [0, 0.1) is 5.41 Å². The molecule has 1 amide bonds. The number of carbonyl (C=O) groups is 1. The maximum absolute atomic E-state index is 11.4. The smallest absolute Gasteiger partial charge is 0.250 e. The lowest BCUT2D eigenvalue weighted by Gasteiger charge is -2.34. The van der Waals surface area contributed by atoms with Crippen molar-refractivity contribution in [3.05, 3.63) is 23.8 Å². The van der Waals surface area contributed by atoms with Gasteiger partial charge < -0.3 is 16.8 Å². The second-order valence-corrected chi connectivity index (χ2v) is 5.86. The molecule has 0 aromatic heterocycles. The minimum absolute atomic E-state index is 0.287. The van der Waals surface area contributed by atoms with Crippen LogP contribution in [0.5, 0.6) is 0 Å². The van der Waals surface area contributed by atoms with E-state index in [1.807, 2.05) is 0 Å². The number of anilines is 2. The minimum Gasteiger partial charge on any atom is -0.397 e. The molecule has 4 nitrogen and oxygen atoms in total. The maximum atomic E-state index is 11.4. The zero-order valence-corrected chi connectivity index (χ0v) is 11.5. The molecule has 5 N–H and O–H groups in total. The lowest BCUT2D eigenvalue weighted by molar-refractivity contribution is 0.100. The first kappa shape index (κ1) is 13.7. The van der Waals surface area contributed by atoms with E-state index in [9.17, 15) is 4.79 Å². The van der Waals surface area contributed by atoms with Gasteiger partial charge in [-0.1, -0.05) is 32.3 Å². The van der Waals surface area contributed by atoms with E-state index in [0.29, 0.717) is 16.9 Å². The first-order chi connectivity index (χ1) is 9.02. The van der Waals surface area contributed by atoms with E-state index in [0.717, 1.165) is 6.54 Å². The Bertz CT molecular complexity index is 464. The molecule has 0 saturated heterocycles. The molecule has 0 aliphatic heterocycles. The van der Waals surface area contributed by atoms with Crippen LogP contribution in [0.15, 0.2) is 18.2 Å². The van der Waals surface area contributed by atoms with E-state index in [-0.39, 0.29) is 5.41 Å². The van der Waals surface area contributed by atoms with Crippen molar-refractivity contribution < 1.29 is 4.79 Å². The van der Waals surface area contributed by atoms with Gasteiger partial charge in [-0.25, -0.2) is 0 Å². The lowest BCUT2D eigenvalue weighted by Crippen LogP contribution is -2.30. The van der Waals surface area contributed by atoms with E-state index < -0.39 is 5.91 Å². The number of para-hydroxylation sites is 1. The summed E-state index contributed by atoms with van der Waals surface area (Å²) in [4.78, 5) is 11.4. The number of benzene rings is 1. The highest BCUT2D eigenvalue weighted by atomic mass is 16.1. The number of rotatable bonds is 4. The predicted molar refractivity (Wildman–Crippen MR) is 79.1 cm³/mol. The van der Waals surface area contributed by atoms with Crippen LogP contribution >= 0.6 is 0 Å². The van der Waals surface area contributed by atoms with Gasteiger partial charge in [0.2, 0.25) is 0 Å². The SMILES string of the molecule is CC1(CNc2c(N)cccc2C(N)=O)CCCCC1. The molecule has 1 saturated carbocycles. The van der Waals surface area contributed by atoms with Crippen LogP contribution in [0.25, 0.3) is 0 Å². The van der Waals surface area contributed by atoms with Crippen LogP contribution in [-0.4, -0.2) is 12.5 Å². The summed E-state index contributed by atoms with van der Waals surface area (Å²) in [7, 11) is 0. The van der Waals surface area contributed by atoms with Crippen molar-refractivity contribution in [2.75, 3.05) is 17.6 Å². The van der Waals surface area contributed by atoms with Gasteiger partial charge in [-0.2, -0.15) is 0 Å². The number of hydrogen-bond acceptors (Lipinski definition) is 3. The zero-order valence-electron chi connectivity index (χ0n) is 11.5. The van der Waals surface area contributed by atoms with Gasteiger partial charge in [-0.05, 0) is 30.4 Å². The molecule has 0 unspecified atom stereocenters. The van der Waals surface area contributed by atoms with Gasteiger partial charge in [0.05, 0.1) is 16.9 Å². The van der Waals surface area contributed by atoms with Crippen LogP contribution in [0.1, 0.15) is 49.4 Å². The fourth-order valence-corrected chi connectivity index (χ4v) is 2.86. The Morgan fingerprint density at radius 3 is 2.63 bits per heavy atom. The molecular weight excluding hydrogens is 238 g/mol. The average molecular weight is 261 g/mol. The summed E-state index contributed by atoms with van der Waals surface area (Å²) in [6.07, 6.45) is 6.34. The summed E-state index contributed by atoms with van der Waals surface area (Å²) < 4.78 is 0. The molecule has 0 spiro atoms. The summed E-state index contributed by atoms with van der Waals surface area (Å²) in [5.41, 5.74) is 13.4. The maximum Gasteiger partial charge on any atom is 0.250 e. The highest BCUT2D eigenvalue weighted by molar-refractivity contribution is 6.01. The molecule has 2 rings (SSSR count). The second-order valence-electron chi connectivity index (χ2n) is 5.86. The standard InChI is InChI=1S/C15H23N3O/c1-15(8-3-2-4-9-15)10-18-13-11(14(17)19)6-5-7-12(13)16/h5-7,18H,2-4,8-10,16H2,1H3,(H2,17,19). The van der Waals surface area contributed by atoms with E-state index in [4.69, 9.17) is 11.5 Å². The Morgan fingerprint density at radius 1 is 1.32 bits per heavy atom. The molecule has 0 heterocycles. The fraction of sp³-hybridized carbons (Fsp3) is 0.533. The van der Waals surface area contributed by atoms with Gasteiger partial charge in [0, 0.05) is 6.54 Å². The predicted octanol–water partition coefficient (Wildman–Crippen LogP) is 2.75. The van der Waals surface area contributed by atoms with Gasteiger partial charge in [-0.15, -0.1) is 0 Å². The van der Waals surface area contributed by atoms with Gasteiger partial charge in [-0.3, -0.25) is 4.79 Å². The lowest BCUT2D eigenvalue weighted by atomic mass is 9.75. The molecule has 1 aliphatic carbocycles. The third-order valence-corrected chi connectivity index (χ3v) is 4.11. The zero-order chi connectivity index (χ0) is 13.9. The molecule has 1 aromatic carbocycles. The number of hydrogen-bond donors (Lipinski definition) is 3. The molecule has 0 bridgehead atoms. The molecule has 104 valence electrons. The molecule has 1 fully saturated rings. The molecule has 0 atom stereocenters. The quantitative estimate of drug-likeness (QED) is 0.729. The van der Waals surface area contributed by atoms with Crippen LogP contribution in [-0.2, 0) is 0 Å². The molecule has 1 aliphatic rings. The molecule has 1 aromatic rings.